The van der Waals surface area contributed by atoms with Gasteiger partial charge in [0, 0.05) is 11.4 Å². The Kier molecular flexibility index (Phi) is 4.78. The van der Waals surface area contributed by atoms with E-state index < -0.39 is 18.0 Å². The Morgan fingerprint density at radius 2 is 2.31 bits per heavy atom. The SMILES string of the molecule is C[C@@H](NC(=O)NCCc1cccs1)C(=O)O. The minimum Gasteiger partial charge on any atom is -0.480 e. The second-order valence-electron chi connectivity index (χ2n) is 3.29. The van der Waals surface area contributed by atoms with Crippen LogP contribution >= 0.6 is 11.3 Å². The van der Waals surface area contributed by atoms with Crippen LogP contribution in [0.25, 0.3) is 0 Å². The lowest BCUT2D eigenvalue weighted by Crippen LogP contribution is -2.44. The summed E-state index contributed by atoms with van der Waals surface area (Å²) in [7, 11) is 0. The molecule has 16 heavy (non-hydrogen) atoms. The second kappa shape index (κ2) is 6.12. The normalized spacial score (nSPS) is 11.8. The summed E-state index contributed by atoms with van der Waals surface area (Å²) in [6, 6.07) is 2.62. The van der Waals surface area contributed by atoms with E-state index in [0.717, 1.165) is 6.42 Å². The molecule has 0 aliphatic heterocycles. The summed E-state index contributed by atoms with van der Waals surface area (Å²) >= 11 is 1.63. The van der Waals surface area contributed by atoms with Gasteiger partial charge in [-0.3, -0.25) is 4.79 Å². The third-order valence-corrected chi connectivity index (χ3v) is 2.89. The van der Waals surface area contributed by atoms with Crippen LogP contribution in [-0.2, 0) is 11.2 Å². The van der Waals surface area contributed by atoms with Crippen LogP contribution in [0.1, 0.15) is 11.8 Å². The molecule has 0 radical (unpaired) electrons. The number of carboxylic acid groups (broad SMARTS) is 1. The molecule has 0 spiro atoms. The van der Waals surface area contributed by atoms with Crippen LogP contribution < -0.4 is 10.6 Å². The Labute approximate surface area is 97.5 Å². The fourth-order valence-corrected chi connectivity index (χ4v) is 1.77. The van der Waals surface area contributed by atoms with Crippen molar-refractivity contribution in [3.8, 4) is 0 Å². The first-order valence-electron chi connectivity index (χ1n) is 4.89. The number of hydrogen-bond acceptors (Lipinski definition) is 3. The molecule has 0 saturated carbocycles. The molecule has 0 aromatic carbocycles. The molecule has 1 atom stereocenters. The van der Waals surface area contributed by atoms with Crippen molar-refractivity contribution in [1.82, 2.24) is 10.6 Å². The van der Waals surface area contributed by atoms with Gasteiger partial charge in [-0.15, -0.1) is 11.3 Å². The third kappa shape index (κ3) is 4.31. The van der Waals surface area contributed by atoms with Crippen LogP contribution in [-0.4, -0.2) is 29.7 Å². The van der Waals surface area contributed by atoms with Crippen molar-refractivity contribution in [2.75, 3.05) is 6.54 Å². The Morgan fingerprint density at radius 1 is 1.56 bits per heavy atom. The predicted molar refractivity (Wildman–Crippen MR) is 61.7 cm³/mol. The molecular formula is C10H14N2O3S. The van der Waals surface area contributed by atoms with Gasteiger partial charge in [-0.25, -0.2) is 4.79 Å². The zero-order chi connectivity index (χ0) is 12.0. The molecule has 0 aliphatic rings. The van der Waals surface area contributed by atoms with Crippen LogP contribution in [0.3, 0.4) is 0 Å². The number of rotatable bonds is 5. The van der Waals surface area contributed by atoms with Gasteiger partial charge in [-0.05, 0) is 24.8 Å². The van der Waals surface area contributed by atoms with Gasteiger partial charge in [-0.1, -0.05) is 6.07 Å². The minimum absolute atomic E-state index is 0.452. The van der Waals surface area contributed by atoms with E-state index in [-0.39, 0.29) is 0 Å². The van der Waals surface area contributed by atoms with Gasteiger partial charge in [0.2, 0.25) is 0 Å². The summed E-state index contributed by atoms with van der Waals surface area (Å²) in [5, 5.41) is 15.5. The molecule has 0 bridgehead atoms. The van der Waals surface area contributed by atoms with E-state index in [1.807, 2.05) is 17.5 Å². The smallest absolute Gasteiger partial charge is 0.325 e. The molecule has 6 heteroatoms. The Bertz CT molecular complexity index is 351. The second-order valence-corrected chi connectivity index (χ2v) is 4.32. The van der Waals surface area contributed by atoms with Crippen molar-refractivity contribution in [1.29, 1.82) is 0 Å². The lowest BCUT2D eigenvalue weighted by molar-refractivity contribution is -0.138. The molecule has 2 amide bonds. The van der Waals surface area contributed by atoms with Crippen LogP contribution in [0.2, 0.25) is 0 Å². The van der Waals surface area contributed by atoms with Gasteiger partial charge in [0.05, 0.1) is 0 Å². The van der Waals surface area contributed by atoms with Crippen LogP contribution in [0.5, 0.6) is 0 Å². The van der Waals surface area contributed by atoms with Crippen molar-refractivity contribution < 1.29 is 14.7 Å². The van der Waals surface area contributed by atoms with E-state index in [9.17, 15) is 9.59 Å². The first-order chi connectivity index (χ1) is 7.59. The molecule has 0 aliphatic carbocycles. The molecule has 1 heterocycles. The molecular weight excluding hydrogens is 228 g/mol. The average molecular weight is 242 g/mol. The highest BCUT2D eigenvalue weighted by molar-refractivity contribution is 7.09. The number of nitrogens with one attached hydrogen (secondary N) is 2. The third-order valence-electron chi connectivity index (χ3n) is 1.96. The summed E-state index contributed by atoms with van der Waals surface area (Å²) in [6.07, 6.45) is 0.756. The molecule has 5 nitrogen and oxygen atoms in total. The molecule has 0 unspecified atom stereocenters. The van der Waals surface area contributed by atoms with Crippen molar-refractivity contribution in [2.24, 2.45) is 0 Å². The zero-order valence-corrected chi connectivity index (χ0v) is 9.71. The molecule has 1 aromatic heterocycles. The van der Waals surface area contributed by atoms with Gasteiger partial charge < -0.3 is 15.7 Å². The average Bonchev–Trinajstić information content (AvgIpc) is 2.70. The number of amides is 2. The molecule has 88 valence electrons. The highest BCUT2D eigenvalue weighted by Crippen LogP contribution is 2.07. The Morgan fingerprint density at radius 3 is 2.88 bits per heavy atom. The van der Waals surface area contributed by atoms with Crippen molar-refractivity contribution in [2.45, 2.75) is 19.4 Å². The highest BCUT2D eigenvalue weighted by atomic mass is 32.1. The lowest BCUT2D eigenvalue weighted by atomic mass is 10.3. The molecule has 0 saturated heterocycles. The van der Waals surface area contributed by atoms with E-state index in [1.165, 1.54) is 11.8 Å². The summed E-state index contributed by atoms with van der Waals surface area (Å²) in [4.78, 5) is 22.8. The zero-order valence-electron chi connectivity index (χ0n) is 8.90. The van der Waals surface area contributed by atoms with Crippen LogP contribution in [0, 0.1) is 0 Å². The fourth-order valence-electron chi connectivity index (χ4n) is 1.06. The number of thiophene rings is 1. The monoisotopic (exact) mass is 242 g/mol. The van der Waals surface area contributed by atoms with Gasteiger partial charge in [0.25, 0.3) is 0 Å². The van der Waals surface area contributed by atoms with E-state index in [0.29, 0.717) is 6.54 Å². The Hall–Kier alpha value is -1.56. The van der Waals surface area contributed by atoms with Crippen molar-refractivity contribution in [3.05, 3.63) is 22.4 Å². The van der Waals surface area contributed by atoms with Crippen LogP contribution in [0.4, 0.5) is 4.79 Å². The molecule has 1 aromatic rings. The van der Waals surface area contributed by atoms with Crippen LogP contribution in [0.15, 0.2) is 17.5 Å². The van der Waals surface area contributed by atoms with Gasteiger partial charge in [-0.2, -0.15) is 0 Å². The standard InChI is InChI=1S/C10H14N2O3S/c1-7(9(13)14)12-10(15)11-5-4-8-3-2-6-16-8/h2-3,6-7H,4-5H2,1H3,(H,13,14)(H2,11,12,15)/t7-/m1/s1. The summed E-state index contributed by atoms with van der Waals surface area (Å²) in [5.41, 5.74) is 0. The lowest BCUT2D eigenvalue weighted by Gasteiger charge is -2.10. The number of aliphatic carboxylic acids is 1. The number of carbonyl (C=O) groups is 2. The maximum absolute atomic E-state index is 11.2. The van der Waals surface area contributed by atoms with E-state index in [4.69, 9.17) is 5.11 Å². The first kappa shape index (κ1) is 12.5. The van der Waals surface area contributed by atoms with Gasteiger partial charge in [0.15, 0.2) is 0 Å². The predicted octanol–water partition coefficient (Wildman–Crippen LogP) is 1.06. The highest BCUT2D eigenvalue weighted by Gasteiger charge is 2.12. The number of carboxylic acids is 1. The number of carbonyl (C=O) groups excluding carboxylic acids is 1. The minimum atomic E-state index is -1.05. The molecule has 3 N–H and O–H groups in total. The quantitative estimate of drug-likeness (QED) is 0.722. The largest absolute Gasteiger partial charge is 0.480 e. The first-order valence-corrected chi connectivity index (χ1v) is 5.77. The van der Waals surface area contributed by atoms with Gasteiger partial charge in [0.1, 0.15) is 6.04 Å². The van der Waals surface area contributed by atoms with E-state index >= 15 is 0 Å². The van der Waals surface area contributed by atoms with Crippen molar-refractivity contribution >= 4 is 23.3 Å². The van der Waals surface area contributed by atoms with Crippen molar-refractivity contribution in [3.63, 3.8) is 0 Å². The molecule has 0 fully saturated rings. The summed E-state index contributed by atoms with van der Waals surface area (Å²) < 4.78 is 0. The van der Waals surface area contributed by atoms with E-state index in [2.05, 4.69) is 10.6 Å². The number of hydrogen-bond donors (Lipinski definition) is 3. The van der Waals surface area contributed by atoms with Gasteiger partial charge >= 0.3 is 12.0 Å². The summed E-state index contributed by atoms with van der Waals surface area (Å²) in [5.74, 6) is -1.05. The fraction of sp³-hybridized carbons (Fsp3) is 0.400. The maximum atomic E-state index is 11.2. The maximum Gasteiger partial charge on any atom is 0.325 e. The molecule has 1 rings (SSSR count). The Balaban J connectivity index is 2.18. The van der Waals surface area contributed by atoms with E-state index in [1.54, 1.807) is 11.3 Å². The number of urea groups is 1. The summed E-state index contributed by atoms with van der Waals surface area (Å²) in [6.45, 7) is 1.92. The topological polar surface area (TPSA) is 78.4 Å².